The molecule has 2 saturated heterocycles. The molecule has 4 nitrogen and oxygen atoms in total. The highest BCUT2D eigenvalue weighted by molar-refractivity contribution is 6.30. The predicted octanol–water partition coefficient (Wildman–Crippen LogP) is 2.86. The maximum atomic E-state index is 12.5. The summed E-state index contributed by atoms with van der Waals surface area (Å²) in [5, 5.41) is 0.766. The van der Waals surface area contributed by atoms with Crippen LogP contribution in [0.4, 0.5) is 5.69 Å². The average molecular weight is 336 g/mol. The van der Waals surface area contributed by atoms with Gasteiger partial charge < -0.3 is 9.80 Å². The molecule has 2 aliphatic rings. The number of likely N-dealkylation sites (tertiary alicyclic amines) is 1. The van der Waals surface area contributed by atoms with Crippen LogP contribution in [0.25, 0.3) is 0 Å². The van der Waals surface area contributed by atoms with Gasteiger partial charge in [0.25, 0.3) is 0 Å². The van der Waals surface area contributed by atoms with E-state index in [1.54, 1.807) is 0 Å². The summed E-state index contributed by atoms with van der Waals surface area (Å²) in [6, 6.07) is 7.96. The summed E-state index contributed by atoms with van der Waals surface area (Å²) < 4.78 is 0. The number of amides is 1. The summed E-state index contributed by atoms with van der Waals surface area (Å²) in [5.41, 5.74) is 1.15. The third kappa shape index (κ3) is 4.61. The number of hydrogen-bond donors (Lipinski definition) is 0. The number of carbonyl (C=O) groups is 1. The van der Waals surface area contributed by atoms with Crippen LogP contribution in [0, 0.1) is 0 Å². The predicted molar refractivity (Wildman–Crippen MR) is 95.2 cm³/mol. The molecule has 1 amide bonds. The van der Waals surface area contributed by atoms with E-state index in [-0.39, 0.29) is 5.91 Å². The summed E-state index contributed by atoms with van der Waals surface area (Å²) in [7, 11) is 0. The lowest BCUT2D eigenvalue weighted by Crippen LogP contribution is -2.51. The van der Waals surface area contributed by atoms with Gasteiger partial charge in [0.2, 0.25) is 5.91 Å². The normalized spacial score (nSPS) is 20.4. The molecule has 0 bridgehead atoms. The molecule has 2 aliphatic heterocycles. The summed E-state index contributed by atoms with van der Waals surface area (Å²) >= 11 is 6.07. The maximum Gasteiger partial charge on any atom is 0.236 e. The molecule has 3 rings (SSSR count). The molecular formula is C18H26ClN3O. The Kier molecular flexibility index (Phi) is 5.79. The minimum atomic E-state index is 0.289. The number of halogens is 1. The SMILES string of the molecule is O=C(CN1CCCCCC1)N1CCN(c2cccc(Cl)c2)CC1. The molecular weight excluding hydrogens is 310 g/mol. The number of benzene rings is 1. The lowest BCUT2D eigenvalue weighted by molar-refractivity contribution is -0.132. The van der Waals surface area contributed by atoms with Gasteiger partial charge >= 0.3 is 0 Å². The first-order valence-electron chi connectivity index (χ1n) is 8.73. The molecule has 0 atom stereocenters. The Labute approximate surface area is 144 Å². The fraction of sp³-hybridized carbons (Fsp3) is 0.611. The molecule has 1 aromatic carbocycles. The fourth-order valence-corrected chi connectivity index (χ4v) is 3.66. The van der Waals surface area contributed by atoms with Gasteiger partial charge in [-0.3, -0.25) is 9.69 Å². The van der Waals surface area contributed by atoms with Crippen LogP contribution in [0.2, 0.25) is 5.02 Å². The zero-order chi connectivity index (χ0) is 16.1. The Balaban J connectivity index is 1.49. The number of nitrogens with zero attached hydrogens (tertiary/aromatic N) is 3. The zero-order valence-corrected chi connectivity index (χ0v) is 14.5. The van der Waals surface area contributed by atoms with Crippen LogP contribution in [-0.2, 0) is 4.79 Å². The van der Waals surface area contributed by atoms with Crippen molar-refractivity contribution in [2.24, 2.45) is 0 Å². The number of carbonyl (C=O) groups excluding carboxylic acids is 1. The van der Waals surface area contributed by atoms with E-state index in [1.807, 2.05) is 23.1 Å². The van der Waals surface area contributed by atoms with Crippen LogP contribution >= 0.6 is 11.6 Å². The molecule has 0 unspecified atom stereocenters. The largest absolute Gasteiger partial charge is 0.368 e. The van der Waals surface area contributed by atoms with Gasteiger partial charge in [0, 0.05) is 36.9 Å². The van der Waals surface area contributed by atoms with E-state index in [9.17, 15) is 4.79 Å². The van der Waals surface area contributed by atoms with Crippen LogP contribution in [-0.4, -0.2) is 61.5 Å². The van der Waals surface area contributed by atoms with Gasteiger partial charge in [-0.2, -0.15) is 0 Å². The molecule has 1 aromatic rings. The van der Waals surface area contributed by atoms with Crippen molar-refractivity contribution in [2.45, 2.75) is 25.7 Å². The van der Waals surface area contributed by atoms with E-state index in [1.165, 1.54) is 25.7 Å². The second kappa shape index (κ2) is 8.02. The Morgan fingerprint density at radius 3 is 2.30 bits per heavy atom. The number of rotatable bonds is 3. The molecule has 0 saturated carbocycles. The van der Waals surface area contributed by atoms with E-state index in [0.717, 1.165) is 50.0 Å². The third-order valence-electron chi connectivity index (χ3n) is 4.86. The summed E-state index contributed by atoms with van der Waals surface area (Å²) in [6.45, 7) is 6.12. The van der Waals surface area contributed by atoms with Crippen LogP contribution in [0.15, 0.2) is 24.3 Å². The van der Waals surface area contributed by atoms with Crippen LogP contribution in [0.1, 0.15) is 25.7 Å². The molecule has 0 aliphatic carbocycles. The first-order chi connectivity index (χ1) is 11.2. The van der Waals surface area contributed by atoms with Gasteiger partial charge in [-0.05, 0) is 44.1 Å². The average Bonchev–Trinajstić information content (AvgIpc) is 2.84. The van der Waals surface area contributed by atoms with E-state index < -0.39 is 0 Å². The minimum absolute atomic E-state index is 0.289. The van der Waals surface area contributed by atoms with Gasteiger partial charge in [-0.25, -0.2) is 0 Å². The standard InChI is InChI=1S/C18H26ClN3O/c19-16-6-5-7-17(14-16)21-10-12-22(13-11-21)18(23)15-20-8-3-1-2-4-9-20/h5-7,14H,1-4,8-13,15H2. The van der Waals surface area contributed by atoms with Crippen molar-refractivity contribution in [1.82, 2.24) is 9.80 Å². The van der Waals surface area contributed by atoms with Gasteiger partial charge in [0.1, 0.15) is 0 Å². The van der Waals surface area contributed by atoms with E-state index in [0.29, 0.717) is 6.54 Å². The molecule has 23 heavy (non-hydrogen) atoms. The van der Waals surface area contributed by atoms with Crippen molar-refractivity contribution in [3.05, 3.63) is 29.3 Å². The molecule has 5 heteroatoms. The molecule has 126 valence electrons. The molecule has 0 radical (unpaired) electrons. The number of hydrogen-bond acceptors (Lipinski definition) is 3. The van der Waals surface area contributed by atoms with Crippen molar-refractivity contribution >= 4 is 23.2 Å². The highest BCUT2D eigenvalue weighted by Crippen LogP contribution is 2.21. The topological polar surface area (TPSA) is 26.8 Å². The van der Waals surface area contributed by atoms with Crippen LogP contribution in [0.3, 0.4) is 0 Å². The van der Waals surface area contributed by atoms with Crippen molar-refractivity contribution in [1.29, 1.82) is 0 Å². The number of piperazine rings is 1. The third-order valence-corrected chi connectivity index (χ3v) is 5.10. The monoisotopic (exact) mass is 335 g/mol. The Bertz CT molecular complexity index is 521. The first kappa shape index (κ1) is 16.6. The van der Waals surface area contributed by atoms with Gasteiger partial charge in [-0.15, -0.1) is 0 Å². The van der Waals surface area contributed by atoms with Crippen molar-refractivity contribution < 1.29 is 4.79 Å². The lowest BCUT2D eigenvalue weighted by Gasteiger charge is -2.37. The Morgan fingerprint density at radius 2 is 1.65 bits per heavy atom. The second-order valence-corrected chi connectivity index (χ2v) is 6.97. The fourth-order valence-electron chi connectivity index (χ4n) is 3.47. The highest BCUT2D eigenvalue weighted by atomic mass is 35.5. The first-order valence-corrected chi connectivity index (χ1v) is 9.11. The molecule has 0 spiro atoms. The maximum absolute atomic E-state index is 12.5. The minimum Gasteiger partial charge on any atom is -0.368 e. The zero-order valence-electron chi connectivity index (χ0n) is 13.7. The van der Waals surface area contributed by atoms with E-state index in [2.05, 4.69) is 15.9 Å². The Morgan fingerprint density at radius 1 is 0.957 bits per heavy atom. The van der Waals surface area contributed by atoms with Gasteiger partial charge in [-0.1, -0.05) is 30.5 Å². The van der Waals surface area contributed by atoms with Crippen LogP contribution < -0.4 is 4.90 Å². The summed E-state index contributed by atoms with van der Waals surface area (Å²) in [4.78, 5) is 19.2. The molecule has 2 heterocycles. The Hall–Kier alpha value is -1.26. The van der Waals surface area contributed by atoms with Crippen LogP contribution in [0.5, 0.6) is 0 Å². The molecule has 2 fully saturated rings. The highest BCUT2D eigenvalue weighted by Gasteiger charge is 2.23. The molecule has 0 aromatic heterocycles. The van der Waals surface area contributed by atoms with Crippen molar-refractivity contribution in [2.75, 3.05) is 50.7 Å². The quantitative estimate of drug-likeness (QED) is 0.849. The van der Waals surface area contributed by atoms with Gasteiger partial charge in [0.15, 0.2) is 0 Å². The van der Waals surface area contributed by atoms with E-state index in [4.69, 9.17) is 11.6 Å². The summed E-state index contributed by atoms with van der Waals surface area (Å²) in [5.74, 6) is 0.289. The second-order valence-electron chi connectivity index (χ2n) is 6.54. The smallest absolute Gasteiger partial charge is 0.236 e. The van der Waals surface area contributed by atoms with E-state index >= 15 is 0 Å². The van der Waals surface area contributed by atoms with Gasteiger partial charge in [0.05, 0.1) is 6.54 Å². The molecule has 0 N–H and O–H groups in total. The summed E-state index contributed by atoms with van der Waals surface area (Å²) in [6.07, 6.45) is 5.08. The lowest BCUT2D eigenvalue weighted by atomic mass is 10.2. The van der Waals surface area contributed by atoms with Crippen molar-refractivity contribution in [3.8, 4) is 0 Å². The number of anilines is 1. The van der Waals surface area contributed by atoms with Crippen molar-refractivity contribution in [3.63, 3.8) is 0 Å².